The number of aryl methyl sites for hydroxylation is 1. The topological polar surface area (TPSA) is 135 Å². The van der Waals surface area contributed by atoms with E-state index in [-0.39, 0.29) is 12.5 Å². The Bertz CT molecular complexity index is 1140. The Morgan fingerprint density at radius 3 is 2.67 bits per heavy atom. The van der Waals surface area contributed by atoms with Crippen LogP contribution in [0.1, 0.15) is 47.6 Å². The van der Waals surface area contributed by atoms with Crippen molar-refractivity contribution in [2.45, 2.75) is 38.6 Å². The summed E-state index contributed by atoms with van der Waals surface area (Å²) in [6.45, 7) is 2.69. The van der Waals surface area contributed by atoms with Crippen LogP contribution in [0, 0.1) is 24.2 Å². The van der Waals surface area contributed by atoms with Gasteiger partial charge in [-0.25, -0.2) is 9.97 Å². The van der Waals surface area contributed by atoms with E-state index in [2.05, 4.69) is 25.7 Å². The molecule has 9 nitrogen and oxygen atoms in total. The third-order valence-corrected chi connectivity index (χ3v) is 6.10. The molecule has 0 aliphatic heterocycles. The predicted molar refractivity (Wildman–Crippen MR) is 126 cm³/mol. The van der Waals surface area contributed by atoms with Crippen LogP contribution in [0.15, 0.2) is 42.9 Å². The van der Waals surface area contributed by atoms with Crippen LogP contribution in [-0.4, -0.2) is 38.7 Å². The molecule has 3 aromatic rings. The molecule has 4 rings (SSSR count). The van der Waals surface area contributed by atoms with Crippen LogP contribution in [0.5, 0.6) is 0 Å². The molecule has 0 bridgehead atoms. The van der Waals surface area contributed by atoms with Gasteiger partial charge in [-0.05, 0) is 62.8 Å². The third kappa shape index (κ3) is 5.35. The van der Waals surface area contributed by atoms with E-state index in [9.17, 15) is 4.79 Å². The number of carbonyl (C=O) groups is 1. The second-order valence-electron chi connectivity index (χ2n) is 8.39. The Morgan fingerprint density at radius 2 is 1.97 bits per heavy atom. The fourth-order valence-corrected chi connectivity index (χ4v) is 4.17. The van der Waals surface area contributed by atoms with Crippen molar-refractivity contribution in [3.8, 4) is 17.3 Å². The van der Waals surface area contributed by atoms with Crippen molar-refractivity contribution in [3.05, 3.63) is 54.0 Å². The number of nitriles is 1. The molecule has 1 amide bonds. The van der Waals surface area contributed by atoms with E-state index in [0.717, 1.165) is 54.7 Å². The second-order valence-corrected chi connectivity index (χ2v) is 8.39. The van der Waals surface area contributed by atoms with Crippen LogP contribution < -0.4 is 16.4 Å². The van der Waals surface area contributed by atoms with Gasteiger partial charge in [-0.1, -0.05) is 12.1 Å². The molecule has 1 aliphatic rings. The standard InChI is InChI=1S/C24H28N8O/c1-16-13-28-24(30-20-14-29-32(15-20)21-8-2-17(12-26)3-9-21)31-22(16)18-4-6-19(7-5-18)23(33)27-11-10-25/h4-7,13-15,17,21H,2-3,8-9,11-12,26H2,1H3,(H,27,33)(H,28,30,31). The summed E-state index contributed by atoms with van der Waals surface area (Å²) in [5, 5.41) is 18.9. The van der Waals surface area contributed by atoms with Gasteiger partial charge in [-0.3, -0.25) is 9.48 Å². The molecular formula is C24H28N8O. The van der Waals surface area contributed by atoms with Gasteiger partial charge in [0.15, 0.2) is 0 Å². The molecule has 1 saturated carbocycles. The van der Waals surface area contributed by atoms with E-state index < -0.39 is 0 Å². The normalized spacial score (nSPS) is 17.8. The summed E-state index contributed by atoms with van der Waals surface area (Å²) in [5.41, 5.74) is 9.73. The Balaban J connectivity index is 1.45. The Morgan fingerprint density at radius 1 is 1.21 bits per heavy atom. The third-order valence-electron chi connectivity index (χ3n) is 6.10. The number of nitrogens with zero attached hydrogens (tertiary/aromatic N) is 5. The largest absolute Gasteiger partial charge is 0.339 e. The molecule has 0 atom stereocenters. The van der Waals surface area contributed by atoms with Crippen molar-refractivity contribution in [1.82, 2.24) is 25.1 Å². The van der Waals surface area contributed by atoms with E-state index in [1.165, 1.54) is 0 Å². The Hall–Kier alpha value is -3.77. The number of hydrogen-bond acceptors (Lipinski definition) is 7. The first kappa shape index (κ1) is 22.4. The average Bonchev–Trinajstić information content (AvgIpc) is 3.32. The fourth-order valence-electron chi connectivity index (χ4n) is 4.17. The number of amides is 1. The molecule has 1 aliphatic carbocycles. The number of benzene rings is 1. The molecule has 1 aromatic carbocycles. The molecule has 9 heteroatoms. The van der Waals surface area contributed by atoms with Crippen molar-refractivity contribution >= 4 is 17.5 Å². The van der Waals surface area contributed by atoms with Gasteiger partial charge in [-0.2, -0.15) is 10.4 Å². The summed E-state index contributed by atoms with van der Waals surface area (Å²) in [7, 11) is 0. The molecule has 0 saturated heterocycles. The monoisotopic (exact) mass is 444 g/mol. The van der Waals surface area contributed by atoms with Gasteiger partial charge >= 0.3 is 0 Å². The van der Waals surface area contributed by atoms with Gasteiger partial charge in [0.1, 0.15) is 6.54 Å². The SMILES string of the molecule is Cc1cnc(Nc2cnn(C3CCC(CN)CC3)c2)nc1-c1ccc(C(=O)NCC#N)cc1. The minimum absolute atomic E-state index is 0.0216. The lowest BCUT2D eigenvalue weighted by molar-refractivity contribution is 0.0958. The maximum Gasteiger partial charge on any atom is 0.252 e. The van der Waals surface area contributed by atoms with Crippen LogP contribution in [0.2, 0.25) is 0 Å². The zero-order chi connectivity index (χ0) is 23.2. The maximum absolute atomic E-state index is 12.0. The van der Waals surface area contributed by atoms with Gasteiger partial charge in [0.2, 0.25) is 5.95 Å². The van der Waals surface area contributed by atoms with Gasteiger partial charge in [-0.15, -0.1) is 0 Å². The van der Waals surface area contributed by atoms with Crippen molar-refractivity contribution in [2.75, 3.05) is 18.4 Å². The summed E-state index contributed by atoms with van der Waals surface area (Å²) < 4.78 is 2.03. The fraction of sp³-hybridized carbons (Fsp3) is 0.375. The highest BCUT2D eigenvalue weighted by Gasteiger charge is 2.22. The minimum Gasteiger partial charge on any atom is -0.339 e. The van der Waals surface area contributed by atoms with E-state index in [1.807, 2.05) is 36.0 Å². The lowest BCUT2D eigenvalue weighted by atomic mass is 9.86. The zero-order valence-corrected chi connectivity index (χ0v) is 18.7. The molecule has 0 radical (unpaired) electrons. The molecule has 1 fully saturated rings. The number of hydrogen-bond donors (Lipinski definition) is 3. The quantitative estimate of drug-likeness (QED) is 0.476. The summed E-state index contributed by atoms with van der Waals surface area (Å²) in [6, 6.07) is 9.43. The van der Waals surface area contributed by atoms with Gasteiger partial charge < -0.3 is 16.4 Å². The molecule has 4 N–H and O–H groups in total. The zero-order valence-electron chi connectivity index (χ0n) is 18.7. The first-order valence-corrected chi connectivity index (χ1v) is 11.2. The Labute approximate surface area is 193 Å². The predicted octanol–water partition coefficient (Wildman–Crippen LogP) is 3.34. The molecule has 2 aromatic heterocycles. The molecule has 0 spiro atoms. The van der Waals surface area contributed by atoms with Crippen LogP contribution >= 0.6 is 0 Å². The van der Waals surface area contributed by atoms with Gasteiger partial charge in [0.25, 0.3) is 5.91 Å². The van der Waals surface area contributed by atoms with Crippen molar-refractivity contribution in [1.29, 1.82) is 5.26 Å². The number of carbonyl (C=O) groups excluding carboxylic acids is 1. The van der Waals surface area contributed by atoms with E-state index >= 15 is 0 Å². The average molecular weight is 445 g/mol. The maximum atomic E-state index is 12.0. The summed E-state index contributed by atoms with van der Waals surface area (Å²) in [4.78, 5) is 21.1. The van der Waals surface area contributed by atoms with E-state index in [4.69, 9.17) is 11.0 Å². The highest BCUT2D eigenvalue weighted by Crippen LogP contribution is 2.32. The molecule has 0 unspecified atom stereocenters. The number of anilines is 2. The van der Waals surface area contributed by atoms with Gasteiger partial charge in [0, 0.05) is 23.5 Å². The van der Waals surface area contributed by atoms with Gasteiger partial charge in [0.05, 0.1) is 29.7 Å². The lowest BCUT2D eigenvalue weighted by Gasteiger charge is -2.27. The van der Waals surface area contributed by atoms with Crippen LogP contribution in [0.3, 0.4) is 0 Å². The molecule has 33 heavy (non-hydrogen) atoms. The van der Waals surface area contributed by atoms with Crippen molar-refractivity contribution in [2.24, 2.45) is 11.7 Å². The smallest absolute Gasteiger partial charge is 0.252 e. The van der Waals surface area contributed by atoms with Crippen molar-refractivity contribution in [3.63, 3.8) is 0 Å². The summed E-state index contributed by atoms with van der Waals surface area (Å²) in [6.07, 6.45) is 10.1. The summed E-state index contributed by atoms with van der Waals surface area (Å²) in [5.74, 6) is 0.839. The molecular weight excluding hydrogens is 416 g/mol. The minimum atomic E-state index is -0.279. The van der Waals surface area contributed by atoms with E-state index in [0.29, 0.717) is 23.5 Å². The number of aromatic nitrogens is 4. The van der Waals surface area contributed by atoms with E-state index in [1.54, 1.807) is 24.5 Å². The second kappa shape index (κ2) is 10.2. The first-order chi connectivity index (χ1) is 16.1. The summed E-state index contributed by atoms with van der Waals surface area (Å²) >= 11 is 0. The van der Waals surface area contributed by atoms with Crippen LogP contribution in [0.4, 0.5) is 11.6 Å². The molecule has 170 valence electrons. The Kier molecular flexibility index (Phi) is 6.95. The molecule has 2 heterocycles. The number of nitrogens with two attached hydrogens (primary N) is 1. The number of rotatable bonds is 7. The van der Waals surface area contributed by atoms with Crippen molar-refractivity contribution < 1.29 is 4.79 Å². The lowest BCUT2D eigenvalue weighted by Crippen LogP contribution is -2.23. The van der Waals surface area contributed by atoms with Crippen LogP contribution in [-0.2, 0) is 0 Å². The highest BCUT2D eigenvalue weighted by atomic mass is 16.1. The highest BCUT2D eigenvalue weighted by molar-refractivity contribution is 5.94. The number of nitrogens with one attached hydrogen (secondary N) is 2. The van der Waals surface area contributed by atoms with Crippen LogP contribution in [0.25, 0.3) is 11.3 Å². The first-order valence-electron chi connectivity index (χ1n) is 11.2.